The van der Waals surface area contributed by atoms with E-state index in [1.165, 1.54) is 6.07 Å². The van der Waals surface area contributed by atoms with E-state index < -0.39 is 22.0 Å². The molecule has 0 radical (unpaired) electrons. The molecule has 8 heteroatoms. The number of ether oxygens (including phenoxy) is 2. The van der Waals surface area contributed by atoms with Gasteiger partial charge in [-0.25, -0.2) is 8.42 Å². The lowest BCUT2D eigenvalue weighted by atomic mass is 10.2. The van der Waals surface area contributed by atoms with Crippen LogP contribution in [0.5, 0.6) is 11.5 Å². The van der Waals surface area contributed by atoms with Gasteiger partial charge in [0.25, 0.3) is 0 Å². The van der Waals surface area contributed by atoms with Crippen LogP contribution in [0, 0.1) is 0 Å². The van der Waals surface area contributed by atoms with Gasteiger partial charge in [0.05, 0.1) is 0 Å². The zero-order valence-electron chi connectivity index (χ0n) is 12.1. The molecule has 1 saturated heterocycles. The molecule has 120 valence electrons. The summed E-state index contributed by atoms with van der Waals surface area (Å²) in [7, 11) is -3.98. The summed E-state index contributed by atoms with van der Waals surface area (Å²) in [6.07, 6.45) is 0.824. The van der Waals surface area contributed by atoms with Crippen LogP contribution in [-0.2, 0) is 14.8 Å². The van der Waals surface area contributed by atoms with Crippen molar-refractivity contribution in [2.75, 3.05) is 13.2 Å². The van der Waals surface area contributed by atoms with Crippen molar-refractivity contribution in [3.8, 4) is 11.5 Å². The monoisotopic (exact) mass is 327 g/mol. The highest BCUT2D eigenvalue weighted by molar-refractivity contribution is 7.89. The molecule has 2 aliphatic rings. The fourth-order valence-electron chi connectivity index (χ4n) is 2.96. The van der Waals surface area contributed by atoms with E-state index in [0.29, 0.717) is 25.2 Å². The molecule has 1 aromatic rings. The summed E-state index contributed by atoms with van der Waals surface area (Å²) >= 11 is 0. The molecular formula is C14H17NO6S. The topological polar surface area (TPSA) is 93.1 Å². The second-order valence-corrected chi connectivity index (χ2v) is 7.21. The Morgan fingerprint density at radius 3 is 2.73 bits per heavy atom. The van der Waals surface area contributed by atoms with E-state index in [9.17, 15) is 18.3 Å². The van der Waals surface area contributed by atoms with Crippen LogP contribution in [0.25, 0.3) is 0 Å². The van der Waals surface area contributed by atoms with Crippen LogP contribution >= 0.6 is 0 Å². The number of benzene rings is 1. The van der Waals surface area contributed by atoms with Gasteiger partial charge in [-0.05, 0) is 31.9 Å². The number of carboxylic acid groups (broad SMARTS) is 1. The third kappa shape index (κ3) is 2.32. The third-order valence-corrected chi connectivity index (χ3v) is 6.02. The van der Waals surface area contributed by atoms with Crippen LogP contribution in [-0.4, -0.2) is 49.1 Å². The van der Waals surface area contributed by atoms with Crippen molar-refractivity contribution >= 4 is 16.0 Å². The highest BCUT2D eigenvalue weighted by Gasteiger charge is 2.45. The quantitative estimate of drug-likeness (QED) is 0.893. The van der Waals surface area contributed by atoms with E-state index in [4.69, 9.17) is 9.47 Å². The first kappa shape index (κ1) is 15.1. The second kappa shape index (κ2) is 5.44. The molecule has 0 aliphatic carbocycles. The Morgan fingerprint density at radius 2 is 2.00 bits per heavy atom. The van der Waals surface area contributed by atoms with E-state index in [0.717, 1.165) is 4.31 Å². The minimum Gasteiger partial charge on any atom is -0.486 e. The number of hydrogen-bond donors (Lipinski definition) is 1. The predicted octanol–water partition coefficient (Wildman–Crippen LogP) is 1.08. The molecule has 2 aliphatic heterocycles. The summed E-state index contributed by atoms with van der Waals surface area (Å²) in [4.78, 5) is 11.3. The van der Waals surface area contributed by atoms with Gasteiger partial charge >= 0.3 is 5.97 Å². The smallest absolute Gasteiger partial charge is 0.322 e. The average molecular weight is 327 g/mol. The molecule has 2 atom stereocenters. The van der Waals surface area contributed by atoms with Crippen LogP contribution in [0.4, 0.5) is 0 Å². The Kier molecular flexibility index (Phi) is 3.73. The van der Waals surface area contributed by atoms with E-state index in [1.54, 1.807) is 19.1 Å². The Labute approximate surface area is 128 Å². The van der Waals surface area contributed by atoms with Crippen LogP contribution < -0.4 is 9.47 Å². The Morgan fingerprint density at radius 1 is 1.27 bits per heavy atom. The summed E-state index contributed by atoms with van der Waals surface area (Å²) in [6.45, 7) is 2.33. The number of sulfonamides is 1. The predicted molar refractivity (Wildman–Crippen MR) is 76.6 cm³/mol. The number of fused-ring (bicyclic) bond motifs is 1. The van der Waals surface area contributed by atoms with Crippen LogP contribution in [0.2, 0.25) is 0 Å². The molecule has 1 fully saturated rings. The molecule has 1 aromatic carbocycles. The maximum absolute atomic E-state index is 13.0. The number of rotatable bonds is 3. The van der Waals surface area contributed by atoms with Crippen molar-refractivity contribution in [1.29, 1.82) is 0 Å². The number of carboxylic acids is 1. The number of nitrogens with zero attached hydrogens (tertiary/aromatic N) is 1. The highest BCUT2D eigenvalue weighted by Crippen LogP contribution is 2.40. The Balaban J connectivity index is 2.08. The van der Waals surface area contributed by atoms with Crippen LogP contribution in [0.3, 0.4) is 0 Å². The molecule has 7 nitrogen and oxygen atoms in total. The molecule has 0 saturated carbocycles. The summed E-state index contributed by atoms with van der Waals surface area (Å²) < 4.78 is 37.8. The maximum atomic E-state index is 13.0. The van der Waals surface area contributed by atoms with E-state index in [1.807, 2.05) is 0 Å². The van der Waals surface area contributed by atoms with Gasteiger partial charge in [0.15, 0.2) is 11.5 Å². The normalized spacial score (nSPS) is 25.1. The van der Waals surface area contributed by atoms with Crippen LogP contribution in [0.1, 0.15) is 19.8 Å². The third-order valence-electron chi connectivity index (χ3n) is 3.97. The lowest BCUT2D eigenvalue weighted by molar-refractivity contribution is -0.140. The number of hydrogen-bond acceptors (Lipinski definition) is 5. The number of aliphatic carboxylic acids is 1. The standard InChI is InChI=1S/C14H17NO6S/c1-9-5-6-10(14(16)17)15(9)22(18,19)12-4-2-3-11-13(12)21-8-7-20-11/h2-4,9-10H,5-8H2,1H3,(H,16,17)/t9-,10-/m1/s1. The lowest BCUT2D eigenvalue weighted by Crippen LogP contribution is -2.44. The van der Waals surface area contributed by atoms with Gasteiger partial charge in [-0.1, -0.05) is 6.07 Å². The SMILES string of the molecule is C[C@@H]1CC[C@H](C(=O)O)N1S(=O)(=O)c1cccc2c1OCCO2. The molecule has 0 aromatic heterocycles. The minimum atomic E-state index is -3.98. The van der Waals surface area contributed by atoms with Gasteiger partial charge in [-0.3, -0.25) is 4.79 Å². The summed E-state index contributed by atoms with van der Waals surface area (Å²) in [6, 6.07) is 3.21. The van der Waals surface area contributed by atoms with Gasteiger partial charge in [-0.2, -0.15) is 4.31 Å². The minimum absolute atomic E-state index is 0.0373. The molecule has 0 bridgehead atoms. The first-order chi connectivity index (χ1) is 10.4. The van der Waals surface area contributed by atoms with Crippen LogP contribution in [0.15, 0.2) is 23.1 Å². The molecule has 1 N–H and O–H groups in total. The zero-order chi connectivity index (χ0) is 15.9. The highest BCUT2D eigenvalue weighted by atomic mass is 32.2. The first-order valence-electron chi connectivity index (χ1n) is 7.08. The van der Waals surface area contributed by atoms with Gasteiger partial charge < -0.3 is 14.6 Å². The van der Waals surface area contributed by atoms with Crippen molar-refractivity contribution in [2.24, 2.45) is 0 Å². The fourth-order valence-corrected chi connectivity index (χ4v) is 4.94. The Hall–Kier alpha value is -1.80. The maximum Gasteiger partial charge on any atom is 0.322 e. The van der Waals surface area contributed by atoms with Gasteiger partial charge in [0.1, 0.15) is 24.2 Å². The fraction of sp³-hybridized carbons (Fsp3) is 0.500. The molecule has 0 unspecified atom stereocenters. The Bertz CT molecular complexity index is 701. The van der Waals surface area contributed by atoms with Crippen molar-refractivity contribution in [3.05, 3.63) is 18.2 Å². The first-order valence-corrected chi connectivity index (χ1v) is 8.52. The van der Waals surface area contributed by atoms with Gasteiger partial charge in [0, 0.05) is 6.04 Å². The molecule has 2 heterocycles. The molecule has 3 rings (SSSR count). The van der Waals surface area contributed by atoms with E-state index in [2.05, 4.69) is 0 Å². The van der Waals surface area contributed by atoms with E-state index in [-0.39, 0.29) is 23.3 Å². The van der Waals surface area contributed by atoms with Gasteiger partial charge in [-0.15, -0.1) is 0 Å². The summed E-state index contributed by atoms with van der Waals surface area (Å²) in [5, 5.41) is 9.29. The number of para-hydroxylation sites is 1. The molecule has 22 heavy (non-hydrogen) atoms. The number of carbonyl (C=O) groups is 1. The van der Waals surface area contributed by atoms with E-state index >= 15 is 0 Å². The zero-order valence-corrected chi connectivity index (χ0v) is 12.9. The van der Waals surface area contributed by atoms with Crippen molar-refractivity contribution < 1.29 is 27.8 Å². The lowest BCUT2D eigenvalue weighted by Gasteiger charge is -2.27. The summed E-state index contributed by atoms with van der Waals surface area (Å²) in [5.41, 5.74) is 0. The summed E-state index contributed by atoms with van der Waals surface area (Å²) in [5.74, 6) is -0.599. The largest absolute Gasteiger partial charge is 0.486 e. The van der Waals surface area contributed by atoms with Crippen molar-refractivity contribution in [1.82, 2.24) is 4.31 Å². The molecule has 0 amide bonds. The molecular weight excluding hydrogens is 310 g/mol. The van der Waals surface area contributed by atoms with Crippen molar-refractivity contribution in [2.45, 2.75) is 36.7 Å². The molecule has 0 spiro atoms. The second-order valence-electron chi connectivity index (χ2n) is 5.40. The average Bonchev–Trinajstić information content (AvgIpc) is 2.89. The van der Waals surface area contributed by atoms with Crippen molar-refractivity contribution in [3.63, 3.8) is 0 Å². The van der Waals surface area contributed by atoms with Gasteiger partial charge in [0.2, 0.25) is 10.0 Å².